The topological polar surface area (TPSA) is 70.7 Å². The van der Waals surface area contributed by atoms with Gasteiger partial charge in [0.15, 0.2) is 5.96 Å². The van der Waals surface area contributed by atoms with E-state index in [1.165, 1.54) is 16.5 Å². The maximum atomic E-state index is 5.50. The first-order valence-electron chi connectivity index (χ1n) is 9.90. The Morgan fingerprint density at radius 3 is 2.67 bits per heavy atom. The highest BCUT2D eigenvalue weighted by molar-refractivity contribution is 14.0. The average Bonchev–Trinajstić information content (AvgIpc) is 3.18. The molecule has 0 saturated heterocycles. The standard InChI is InChI=1S/C23H30N4O2.HI/c1-16(20-14-18(28-3)11-12-22(20)29-4)27-23(24-2)25-13-7-8-17-15-26-21-10-6-5-9-19(17)21;/h5-6,9-12,14-16,26H,7-8,13H2,1-4H3,(H2,24,25,27);1H. The van der Waals surface area contributed by atoms with Crippen LogP contribution < -0.4 is 20.1 Å². The minimum Gasteiger partial charge on any atom is -0.497 e. The number of fused-ring (bicyclic) bond motifs is 1. The van der Waals surface area contributed by atoms with Gasteiger partial charge in [0.1, 0.15) is 11.5 Å². The van der Waals surface area contributed by atoms with Crippen LogP contribution in [0.25, 0.3) is 10.9 Å². The first kappa shape index (κ1) is 23.9. The molecule has 6 nitrogen and oxygen atoms in total. The predicted molar refractivity (Wildman–Crippen MR) is 134 cm³/mol. The van der Waals surface area contributed by atoms with Crippen LogP contribution in [0.1, 0.15) is 30.5 Å². The van der Waals surface area contributed by atoms with Crippen LogP contribution in [0.15, 0.2) is 53.7 Å². The highest BCUT2D eigenvalue weighted by atomic mass is 127. The van der Waals surface area contributed by atoms with Gasteiger partial charge in [-0.25, -0.2) is 0 Å². The SMILES string of the molecule is CN=C(NCCCc1c[nH]c2ccccc12)NC(C)c1cc(OC)ccc1OC.I. The number of aliphatic imine (C=N–C) groups is 1. The van der Waals surface area contributed by atoms with Gasteiger partial charge in [0, 0.05) is 36.3 Å². The van der Waals surface area contributed by atoms with Gasteiger partial charge in [0.05, 0.1) is 20.3 Å². The van der Waals surface area contributed by atoms with E-state index in [0.717, 1.165) is 42.4 Å². The van der Waals surface area contributed by atoms with Crippen LogP contribution in [0, 0.1) is 0 Å². The fourth-order valence-electron chi connectivity index (χ4n) is 3.48. The number of H-pyrrole nitrogens is 1. The third kappa shape index (κ3) is 5.81. The molecule has 0 saturated carbocycles. The number of aryl methyl sites for hydroxylation is 1. The Bertz CT molecular complexity index is 971. The molecule has 3 rings (SSSR count). The van der Waals surface area contributed by atoms with Gasteiger partial charge < -0.3 is 25.1 Å². The number of hydrogen-bond acceptors (Lipinski definition) is 3. The fraction of sp³-hybridized carbons (Fsp3) is 0.348. The molecule has 30 heavy (non-hydrogen) atoms. The molecular weight excluding hydrogens is 491 g/mol. The van der Waals surface area contributed by atoms with Gasteiger partial charge in [-0.15, -0.1) is 24.0 Å². The Hall–Kier alpha value is -2.42. The minimum atomic E-state index is 0. The number of methoxy groups -OCH3 is 2. The third-order valence-corrected chi connectivity index (χ3v) is 5.07. The fourth-order valence-corrected chi connectivity index (χ4v) is 3.48. The number of halogens is 1. The molecule has 0 fully saturated rings. The molecule has 0 aliphatic rings. The summed E-state index contributed by atoms with van der Waals surface area (Å²) >= 11 is 0. The molecule has 3 N–H and O–H groups in total. The Morgan fingerprint density at radius 1 is 1.13 bits per heavy atom. The van der Waals surface area contributed by atoms with E-state index < -0.39 is 0 Å². The second kappa shape index (κ2) is 11.7. The van der Waals surface area contributed by atoms with Crippen LogP contribution in [-0.2, 0) is 6.42 Å². The van der Waals surface area contributed by atoms with Gasteiger partial charge in [-0.2, -0.15) is 0 Å². The third-order valence-electron chi connectivity index (χ3n) is 5.07. The van der Waals surface area contributed by atoms with E-state index in [2.05, 4.69) is 58.0 Å². The predicted octanol–water partition coefficient (Wildman–Crippen LogP) is 4.66. The maximum Gasteiger partial charge on any atom is 0.191 e. The maximum absolute atomic E-state index is 5.50. The van der Waals surface area contributed by atoms with Gasteiger partial charge in [-0.1, -0.05) is 18.2 Å². The van der Waals surface area contributed by atoms with Crippen molar-refractivity contribution in [2.24, 2.45) is 4.99 Å². The summed E-state index contributed by atoms with van der Waals surface area (Å²) in [4.78, 5) is 7.69. The summed E-state index contributed by atoms with van der Waals surface area (Å²) in [5, 5.41) is 8.13. The average molecular weight is 522 g/mol. The van der Waals surface area contributed by atoms with Crippen LogP contribution in [0.4, 0.5) is 0 Å². The number of rotatable bonds is 8. The molecule has 0 aliphatic carbocycles. The lowest BCUT2D eigenvalue weighted by Gasteiger charge is -2.20. The molecule has 1 heterocycles. The van der Waals surface area contributed by atoms with Crippen LogP contribution in [0.2, 0.25) is 0 Å². The van der Waals surface area contributed by atoms with Crippen molar-refractivity contribution < 1.29 is 9.47 Å². The largest absolute Gasteiger partial charge is 0.497 e. The lowest BCUT2D eigenvalue weighted by atomic mass is 10.1. The van der Waals surface area contributed by atoms with Crippen molar-refractivity contribution >= 4 is 40.8 Å². The Labute approximate surface area is 195 Å². The van der Waals surface area contributed by atoms with Gasteiger partial charge in [-0.3, -0.25) is 4.99 Å². The van der Waals surface area contributed by atoms with Crippen molar-refractivity contribution in [3.63, 3.8) is 0 Å². The van der Waals surface area contributed by atoms with Gasteiger partial charge >= 0.3 is 0 Å². The first-order chi connectivity index (χ1) is 14.2. The zero-order chi connectivity index (χ0) is 20.6. The lowest BCUT2D eigenvalue weighted by molar-refractivity contribution is 0.394. The zero-order valence-electron chi connectivity index (χ0n) is 18.0. The van der Waals surface area contributed by atoms with E-state index in [-0.39, 0.29) is 30.0 Å². The monoisotopic (exact) mass is 522 g/mol. The number of aromatic amines is 1. The highest BCUT2D eigenvalue weighted by Crippen LogP contribution is 2.29. The Kier molecular flexibility index (Phi) is 9.29. The summed E-state index contributed by atoms with van der Waals surface area (Å²) in [5.74, 6) is 2.39. The summed E-state index contributed by atoms with van der Waals surface area (Å²) in [6.45, 7) is 2.91. The molecule has 7 heteroatoms. The number of hydrogen-bond donors (Lipinski definition) is 3. The van der Waals surface area contributed by atoms with Gasteiger partial charge in [0.2, 0.25) is 0 Å². The van der Waals surface area contributed by atoms with Crippen molar-refractivity contribution in [1.82, 2.24) is 15.6 Å². The van der Waals surface area contributed by atoms with Crippen LogP contribution in [0.3, 0.4) is 0 Å². The molecule has 1 unspecified atom stereocenters. The summed E-state index contributed by atoms with van der Waals surface area (Å²) in [7, 11) is 5.12. The van der Waals surface area contributed by atoms with E-state index in [1.54, 1.807) is 21.3 Å². The van der Waals surface area contributed by atoms with Crippen molar-refractivity contribution in [2.75, 3.05) is 27.8 Å². The number of nitrogens with zero attached hydrogens (tertiary/aromatic N) is 1. The lowest BCUT2D eigenvalue weighted by Crippen LogP contribution is -2.39. The van der Waals surface area contributed by atoms with Crippen LogP contribution in [-0.4, -0.2) is 38.8 Å². The first-order valence-corrected chi connectivity index (χ1v) is 9.90. The number of nitrogens with one attached hydrogen (secondary N) is 3. The number of guanidine groups is 1. The Balaban J connectivity index is 0.00000320. The Morgan fingerprint density at radius 2 is 1.93 bits per heavy atom. The molecule has 162 valence electrons. The van der Waals surface area contributed by atoms with Crippen molar-refractivity contribution in [3.05, 3.63) is 59.8 Å². The van der Waals surface area contributed by atoms with Crippen molar-refractivity contribution in [3.8, 4) is 11.5 Å². The molecule has 0 radical (unpaired) electrons. The molecule has 1 atom stereocenters. The zero-order valence-corrected chi connectivity index (χ0v) is 20.3. The second-order valence-corrected chi connectivity index (χ2v) is 6.94. The number of ether oxygens (including phenoxy) is 2. The molecular formula is C23H31IN4O2. The summed E-state index contributed by atoms with van der Waals surface area (Å²) in [6.07, 6.45) is 4.13. The summed E-state index contributed by atoms with van der Waals surface area (Å²) in [5.41, 5.74) is 3.56. The highest BCUT2D eigenvalue weighted by Gasteiger charge is 2.14. The van der Waals surface area contributed by atoms with Crippen molar-refractivity contribution in [2.45, 2.75) is 25.8 Å². The van der Waals surface area contributed by atoms with E-state index in [4.69, 9.17) is 9.47 Å². The molecule has 0 amide bonds. The molecule has 2 aromatic carbocycles. The molecule has 0 aliphatic heterocycles. The molecule has 3 aromatic rings. The number of aromatic nitrogens is 1. The van der Waals surface area contributed by atoms with E-state index in [0.29, 0.717) is 0 Å². The number of benzene rings is 2. The van der Waals surface area contributed by atoms with E-state index in [9.17, 15) is 0 Å². The quantitative estimate of drug-likeness (QED) is 0.174. The second-order valence-electron chi connectivity index (χ2n) is 6.94. The molecule has 0 bridgehead atoms. The smallest absolute Gasteiger partial charge is 0.191 e. The van der Waals surface area contributed by atoms with Crippen LogP contribution >= 0.6 is 24.0 Å². The van der Waals surface area contributed by atoms with Crippen molar-refractivity contribution in [1.29, 1.82) is 0 Å². The van der Waals surface area contributed by atoms with Crippen LogP contribution in [0.5, 0.6) is 11.5 Å². The molecule has 1 aromatic heterocycles. The minimum absolute atomic E-state index is 0. The van der Waals surface area contributed by atoms with Gasteiger partial charge in [0.25, 0.3) is 0 Å². The normalized spacial score (nSPS) is 12.2. The summed E-state index contributed by atoms with van der Waals surface area (Å²) < 4.78 is 10.8. The number of para-hydroxylation sites is 1. The van der Waals surface area contributed by atoms with E-state index >= 15 is 0 Å². The molecule has 0 spiro atoms. The van der Waals surface area contributed by atoms with E-state index in [1.807, 2.05) is 18.2 Å². The van der Waals surface area contributed by atoms with Gasteiger partial charge in [-0.05, 0) is 49.6 Å². The summed E-state index contributed by atoms with van der Waals surface area (Å²) in [6, 6.07) is 14.2.